The summed E-state index contributed by atoms with van der Waals surface area (Å²) in [5, 5.41) is 5.68. The van der Waals surface area contributed by atoms with E-state index in [1.165, 1.54) is 11.1 Å². The molecule has 1 aromatic heterocycles. The highest BCUT2D eigenvalue weighted by Crippen LogP contribution is 2.25. The van der Waals surface area contributed by atoms with Crippen LogP contribution in [0.3, 0.4) is 0 Å². The molecule has 0 radical (unpaired) electrons. The van der Waals surface area contributed by atoms with E-state index >= 15 is 0 Å². The van der Waals surface area contributed by atoms with Crippen LogP contribution in [0, 0.1) is 0 Å². The molecule has 18 heavy (non-hydrogen) atoms. The predicted octanol–water partition coefficient (Wildman–Crippen LogP) is 4.86. The maximum absolute atomic E-state index is 5.95. The van der Waals surface area contributed by atoms with Gasteiger partial charge in [-0.25, -0.2) is 0 Å². The van der Waals surface area contributed by atoms with Gasteiger partial charge in [0.2, 0.25) is 0 Å². The molecule has 0 amide bonds. The molecule has 2 unspecified atom stereocenters. The van der Waals surface area contributed by atoms with Crippen LogP contribution < -0.4 is 5.32 Å². The molecule has 0 saturated carbocycles. The van der Waals surface area contributed by atoms with Crippen LogP contribution in [0.25, 0.3) is 0 Å². The second kappa shape index (κ2) is 6.37. The third kappa shape index (κ3) is 3.58. The molecule has 0 saturated heterocycles. The Morgan fingerprint density at radius 1 is 1.17 bits per heavy atom. The van der Waals surface area contributed by atoms with Crippen LogP contribution in [0.15, 0.2) is 41.8 Å². The lowest BCUT2D eigenvalue weighted by Crippen LogP contribution is -2.23. The Bertz CT molecular complexity index is 480. The first-order valence-corrected chi connectivity index (χ1v) is 7.45. The van der Waals surface area contributed by atoms with Gasteiger partial charge in [-0.1, -0.05) is 48.9 Å². The smallest absolute Gasteiger partial charge is 0.0931 e. The van der Waals surface area contributed by atoms with Crippen molar-refractivity contribution >= 4 is 22.9 Å². The third-order valence-electron chi connectivity index (χ3n) is 3.19. The van der Waals surface area contributed by atoms with Crippen molar-refractivity contribution < 1.29 is 0 Å². The SMILES string of the molecule is CC(CNC(C)c1csc(Cl)c1)c1ccccc1. The predicted molar refractivity (Wildman–Crippen MR) is 80.6 cm³/mol. The monoisotopic (exact) mass is 279 g/mol. The topological polar surface area (TPSA) is 12.0 Å². The Morgan fingerprint density at radius 2 is 1.89 bits per heavy atom. The minimum absolute atomic E-state index is 0.347. The number of hydrogen-bond donors (Lipinski definition) is 1. The van der Waals surface area contributed by atoms with Gasteiger partial charge in [0.1, 0.15) is 0 Å². The van der Waals surface area contributed by atoms with Crippen LogP contribution >= 0.6 is 22.9 Å². The van der Waals surface area contributed by atoms with Crippen molar-refractivity contribution in [3.8, 4) is 0 Å². The van der Waals surface area contributed by atoms with Crippen molar-refractivity contribution in [2.75, 3.05) is 6.54 Å². The molecule has 96 valence electrons. The fourth-order valence-electron chi connectivity index (χ4n) is 1.92. The Balaban J connectivity index is 1.88. The van der Waals surface area contributed by atoms with Gasteiger partial charge in [-0.2, -0.15) is 0 Å². The zero-order valence-electron chi connectivity index (χ0n) is 10.7. The second-order valence-electron chi connectivity index (χ2n) is 4.63. The van der Waals surface area contributed by atoms with Gasteiger partial charge in [0.25, 0.3) is 0 Å². The summed E-state index contributed by atoms with van der Waals surface area (Å²) in [6, 6.07) is 13.0. The second-order valence-corrected chi connectivity index (χ2v) is 6.17. The van der Waals surface area contributed by atoms with E-state index in [-0.39, 0.29) is 0 Å². The number of thiophene rings is 1. The molecule has 0 aliphatic rings. The minimum Gasteiger partial charge on any atom is -0.310 e. The van der Waals surface area contributed by atoms with Crippen LogP contribution in [0.1, 0.15) is 36.9 Å². The summed E-state index contributed by atoms with van der Waals surface area (Å²) in [5.74, 6) is 0.516. The van der Waals surface area contributed by atoms with E-state index in [1.807, 2.05) is 6.07 Å². The van der Waals surface area contributed by atoms with E-state index in [4.69, 9.17) is 11.6 Å². The van der Waals surface area contributed by atoms with Gasteiger partial charge < -0.3 is 5.32 Å². The molecule has 2 aromatic rings. The first-order chi connectivity index (χ1) is 8.66. The molecule has 1 aromatic carbocycles. The summed E-state index contributed by atoms with van der Waals surface area (Å²) >= 11 is 7.54. The highest BCUT2D eigenvalue weighted by molar-refractivity contribution is 7.14. The van der Waals surface area contributed by atoms with Gasteiger partial charge >= 0.3 is 0 Å². The lowest BCUT2D eigenvalue weighted by Gasteiger charge is -2.17. The average Bonchev–Trinajstić information content (AvgIpc) is 2.83. The summed E-state index contributed by atoms with van der Waals surface area (Å²) in [6.45, 7) is 5.39. The van der Waals surface area contributed by atoms with Crippen LogP contribution in [0.2, 0.25) is 4.34 Å². The molecule has 1 N–H and O–H groups in total. The maximum atomic E-state index is 5.95. The van der Waals surface area contributed by atoms with Crippen molar-refractivity contribution in [1.29, 1.82) is 0 Å². The summed E-state index contributed by atoms with van der Waals surface area (Å²) in [5.41, 5.74) is 2.64. The van der Waals surface area contributed by atoms with Gasteiger partial charge in [0.05, 0.1) is 4.34 Å². The first-order valence-electron chi connectivity index (χ1n) is 6.19. The molecule has 2 atom stereocenters. The molecular weight excluding hydrogens is 262 g/mol. The van der Waals surface area contributed by atoms with Crippen molar-refractivity contribution in [3.05, 3.63) is 57.2 Å². The Hall–Kier alpha value is -0.830. The number of nitrogens with one attached hydrogen (secondary N) is 1. The van der Waals surface area contributed by atoms with Crippen LogP contribution in [0.4, 0.5) is 0 Å². The zero-order valence-corrected chi connectivity index (χ0v) is 12.3. The normalized spacial score (nSPS) is 14.4. The third-order valence-corrected chi connectivity index (χ3v) is 4.30. The quantitative estimate of drug-likeness (QED) is 0.824. The largest absolute Gasteiger partial charge is 0.310 e. The van der Waals surface area contributed by atoms with Gasteiger partial charge in [0, 0.05) is 12.6 Å². The van der Waals surface area contributed by atoms with Gasteiger partial charge in [-0.3, -0.25) is 0 Å². The van der Waals surface area contributed by atoms with E-state index in [9.17, 15) is 0 Å². The highest BCUT2D eigenvalue weighted by atomic mass is 35.5. The molecule has 0 bridgehead atoms. The lowest BCUT2D eigenvalue weighted by atomic mass is 10.0. The first kappa shape index (κ1) is 13.6. The van der Waals surface area contributed by atoms with Gasteiger partial charge in [0.15, 0.2) is 0 Å². The van der Waals surface area contributed by atoms with E-state index in [0.29, 0.717) is 12.0 Å². The minimum atomic E-state index is 0.347. The van der Waals surface area contributed by atoms with Crippen LogP contribution in [-0.2, 0) is 0 Å². The number of halogens is 1. The van der Waals surface area contributed by atoms with Crippen molar-refractivity contribution in [1.82, 2.24) is 5.32 Å². The van der Waals surface area contributed by atoms with Crippen molar-refractivity contribution in [3.63, 3.8) is 0 Å². The molecule has 2 rings (SSSR count). The molecule has 0 fully saturated rings. The number of rotatable bonds is 5. The molecular formula is C15H18ClNS. The van der Waals surface area contributed by atoms with E-state index in [0.717, 1.165) is 10.9 Å². The summed E-state index contributed by atoms with van der Waals surface area (Å²) in [7, 11) is 0. The number of hydrogen-bond acceptors (Lipinski definition) is 2. The van der Waals surface area contributed by atoms with Crippen LogP contribution in [-0.4, -0.2) is 6.54 Å². The van der Waals surface area contributed by atoms with E-state index in [2.05, 4.69) is 54.9 Å². The fraction of sp³-hybridized carbons (Fsp3) is 0.333. The van der Waals surface area contributed by atoms with E-state index in [1.54, 1.807) is 11.3 Å². The number of benzene rings is 1. The molecule has 0 spiro atoms. The molecule has 0 aliphatic carbocycles. The Morgan fingerprint density at radius 3 is 2.50 bits per heavy atom. The summed E-state index contributed by atoms with van der Waals surface area (Å²) in [6.07, 6.45) is 0. The Kier molecular flexibility index (Phi) is 4.81. The summed E-state index contributed by atoms with van der Waals surface area (Å²) < 4.78 is 0.856. The standard InChI is InChI=1S/C15H18ClNS/c1-11(13-6-4-3-5-7-13)9-17-12(2)14-8-15(16)18-10-14/h3-8,10-12,17H,9H2,1-2H3. The highest BCUT2D eigenvalue weighted by Gasteiger charge is 2.10. The van der Waals surface area contributed by atoms with Crippen molar-refractivity contribution in [2.45, 2.75) is 25.8 Å². The summed E-state index contributed by atoms with van der Waals surface area (Å²) in [4.78, 5) is 0. The lowest BCUT2D eigenvalue weighted by molar-refractivity contribution is 0.538. The molecule has 3 heteroatoms. The molecule has 0 aliphatic heterocycles. The fourth-order valence-corrected chi connectivity index (χ4v) is 2.91. The van der Waals surface area contributed by atoms with Crippen LogP contribution in [0.5, 0.6) is 0 Å². The average molecular weight is 280 g/mol. The Labute approximate surface area is 118 Å². The van der Waals surface area contributed by atoms with Gasteiger partial charge in [-0.15, -0.1) is 11.3 Å². The molecule has 1 heterocycles. The molecule has 1 nitrogen and oxygen atoms in total. The van der Waals surface area contributed by atoms with Crippen molar-refractivity contribution in [2.24, 2.45) is 0 Å². The maximum Gasteiger partial charge on any atom is 0.0931 e. The van der Waals surface area contributed by atoms with E-state index < -0.39 is 0 Å². The van der Waals surface area contributed by atoms with Gasteiger partial charge in [-0.05, 0) is 35.4 Å². The zero-order chi connectivity index (χ0) is 13.0.